The number of allylic oxidation sites excluding steroid dienone is 1. The highest BCUT2D eigenvalue weighted by Gasteiger charge is 1.99. The maximum atomic E-state index is 11.0. The second kappa shape index (κ2) is 3.10. The molecule has 2 nitrogen and oxygen atoms in total. The predicted octanol–water partition coefficient (Wildman–Crippen LogP) is 1.76. The van der Waals surface area contributed by atoms with Crippen molar-refractivity contribution in [3.63, 3.8) is 0 Å². The molecule has 0 aliphatic heterocycles. The Balaban J connectivity index is 3.05. The summed E-state index contributed by atoms with van der Waals surface area (Å²) in [4.78, 5) is 14.9. The Morgan fingerprint density at radius 1 is 1.64 bits per heavy atom. The second-order valence-corrected chi connectivity index (χ2v) is 2.32. The third-order valence-electron chi connectivity index (χ3n) is 1.34. The van der Waals surface area contributed by atoms with Crippen LogP contribution >= 0.6 is 0 Å². The number of carbonyl (C=O) groups excluding carboxylic acids is 1. The fraction of sp³-hybridized carbons (Fsp3) is 0.111. The van der Waals surface area contributed by atoms with Gasteiger partial charge in [0, 0.05) is 18.0 Å². The van der Waals surface area contributed by atoms with Crippen LogP contribution in [0.3, 0.4) is 0 Å². The summed E-state index contributed by atoms with van der Waals surface area (Å²) in [5, 5.41) is 0. The normalized spacial score (nSPS) is 9.18. The topological polar surface area (TPSA) is 30.0 Å². The van der Waals surface area contributed by atoms with Crippen molar-refractivity contribution < 1.29 is 4.79 Å². The van der Waals surface area contributed by atoms with E-state index in [1.54, 1.807) is 12.3 Å². The Bertz CT molecular complexity index is 291. The Hall–Kier alpha value is -1.44. The van der Waals surface area contributed by atoms with E-state index < -0.39 is 0 Å². The summed E-state index contributed by atoms with van der Waals surface area (Å²) in [6.07, 6.45) is 4.54. The predicted molar refractivity (Wildman–Crippen MR) is 43.5 cm³/mol. The lowest BCUT2D eigenvalue weighted by Gasteiger charge is -1.94. The first-order valence-electron chi connectivity index (χ1n) is 3.32. The van der Waals surface area contributed by atoms with Gasteiger partial charge in [0.25, 0.3) is 0 Å². The standard InChI is InChI=1S/C9H9NO/c1-3-9(11)8-4-7(2)5-10-6-8/h3-6H,1H2,2H3. The molecule has 0 aromatic carbocycles. The molecule has 1 heterocycles. The zero-order chi connectivity index (χ0) is 8.27. The fourth-order valence-electron chi connectivity index (χ4n) is 0.808. The molecular weight excluding hydrogens is 138 g/mol. The first-order valence-corrected chi connectivity index (χ1v) is 3.32. The molecule has 0 bridgehead atoms. The molecule has 2 heteroatoms. The van der Waals surface area contributed by atoms with E-state index in [0.717, 1.165) is 5.56 Å². The molecule has 1 rings (SSSR count). The lowest BCUT2D eigenvalue weighted by Crippen LogP contribution is -1.94. The van der Waals surface area contributed by atoms with E-state index in [2.05, 4.69) is 11.6 Å². The average Bonchev–Trinajstić information content (AvgIpc) is 2.03. The largest absolute Gasteiger partial charge is 0.289 e. The SMILES string of the molecule is C=CC(=O)c1cncc(C)c1. The number of nitrogens with zero attached hydrogens (tertiary/aromatic N) is 1. The van der Waals surface area contributed by atoms with Gasteiger partial charge in [0.2, 0.25) is 0 Å². The lowest BCUT2D eigenvalue weighted by atomic mass is 10.1. The van der Waals surface area contributed by atoms with Crippen molar-refractivity contribution in [3.05, 3.63) is 42.2 Å². The molecule has 0 saturated heterocycles. The third-order valence-corrected chi connectivity index (χ3v) is 1.34. The fourth-order valence-corrected chi connectivity index (χ4v) is 0.808. The molecule has 0 spiro atoms. The molecule has 0 N–H and O–H groups in total. The van der Waals surface area contributed by atoms with Gasteiger partial charge in [-0.25, -0.2) is 0 Å². The number of aromatic nitrogens is 1. The van der Waals surface area contributed by atoms with Gasteiger partial charge in [-0.2, -0.15) is 0 Å². The third kappa shape index (κ3) is 1.74. The van der Waals surface area contributed by atoms with Crippen molar-refractivity contribution in [2.75, 3.05) is 0 Å². The van der Waals surface area contributed by atoms with Crippen LogP contribution in [-0.4, -0.2) is 10.8 Å². The molecule has 56 valence electrons. The first-order chi connectivity index (χ1) is 5.24. The minimum Gasteiger partial charge on any atom is -0.289 e. The summed E-state index contributed by atoms with van der Waals surface area (Å²) in [6, 6.07) is 1.79. The number of hydrogen-bond acceptors (Lipinski definition) is 2. The molecule has 0 aliphatic rings. The molecule has 11 heavy (non-hydrogen) atoms. The maximum Gasteiger partial charge on any atom is 0.186 e. The van der Waals surface area contributed by atoms with Crippen molar-refractivity contribution in [2.24, 2.45) is 0 Å². The highest BCUT2D eigenvalue weighted by Crippen LogP contribution is 2.01. The maximum absolute atomic E-state index is 11.0. The van der Waals surface area contributed by atoms with Crippen molar-refractivity contribution in [1.29, 1.82) is 0 Å². The van der Waals surface area contributed by atoms with Crippen LogP contribution in [0.4, 0.5) is 0 Å². The smallest absolute Gasteiger partial charge is 0.186 e. The number of hydrogen-bond donors (Lipinski definition) is 0. The highest BCUT2D eigenvalue weighted by molar-refractivity contribution is 6.03. The number of pyridine rings is 1. The Kier molecular flexibility index (Phi) is 2.16. The summed E-state index contributed by atoms with van der Waals surface area (Å²) >= 11 is 0. The van der Waals surface area contributed by atoms with Crippen molar-refractivity contribution in [2.45, 2.75) is 6.92 Å². The van der Waals surface area contributed by atoms with Gasteiger partial charge in [-0.05, 0) is 24.6 Å². The van der Waals surface area contributed by atoms with E-state index in [4.69, 9.17) is 0 Å². The molecule has 1 aromatic heterocycles. The number of rotatable bonds is 2. The van der Waals surface area contributed by atoms with Gasteiger partial charge in [-0.1, -0.05) is 6.58 Å². The molecule has 0 fully saturated rings. The van der Waals surface area contributed by atoms with Gasteiger partial charge in [0.05, 0.1) is 0 Å². The molecule has 0 unspecified atom stereocenters. The summed E-state index contributed by atoms with van der Waals surface area (Å²) in [5.74, 6) is -0.0822. The molecule has 0 atom stereocenters. The monoisotopic (exact) mass is 147 g/mol. The molecule has 0 radical (unpaired) electrons. The molecule has 0 saturated carbocycles. The van der Waals surface area contributed by atoms with Crippen molar-refractivity contribution >= 4 is 5.78 Å². The van der Waals surface area contributed by atoms with Gasteiger partial charge in [0.1, 0.15) is 0 Å². The quantitative estimate of drug-likeness (QED) is 0.471. The molecule has 1 aromatic rings. The summed E-state index contributed by atoms with van der Waals surface area (Å²) < 4.78 is 0. The number of aryl methyl sites for hydroxylation is 1. The van der Waals surface area contributed by atoms with Crippen LogP contribution in [0.25, 0.3) is 0 Å². The molecule has 0 amide bonds. The van der Waals surface area contributed by atoms with Crippen molar-refractivity contribution in [3.8, 4) is 0 Å². The van der Waals surface area contributed by atoms with Crippen LogP contribution in [0, 0.1) is 6.92 Å². The number of carbonyl (C=O) groups is 1. The molecular formula is C9H9NO. The average molecular weight is 147 g/mol. The van der Waals surface area contributed by atoms with E-state index >= 15 is 0 Å². The number of ketones is 1. The highest BCUT2D eigenvalue weighted by atomic mass is 16.1. The van der Waals surface area contributed by atoms with Crippen LogP contribution in [0.5, 0.6) is 0 Å². The van der Waals surface area contributed by atoms with Crippen molar-refractivity contribution in [1.82, 2.24) is 4.98 Å². The van der Waals surface area contributed by atoms with Gasteiger partial charge in [-0.15, -0.1) is 0 Å². The van der Waals surface area contributed by atoms with Crippen LogP contribution in [-0.2, 0) is 0 Å². The molecule has 0 aliphatic carbocycles. The zero-order valence-electron chi connectivity index (χ0n) is 6.37. The van der Waals surface area contributed by atoms with Gasteiger partial charge >= 0.3 is 0 Å². The van der Waals surface area contributed by atoms with Crippen LogP contribution in [0.1, 0.15) is 15.9 Å². The van der Waals surface area contributed by atoms with Gasteiger partial charge in [-0.3, -0.25) is 9.78 Å². The van der Waals surface area contributed by atoms with E-state index in [1.807, 2.05) is 6.92 Å². The Morgan fingerprint density at radius 2 is 2.36 bits per heavy atom. The van der Waals surface area contributed by atoms with Crippen LogP contribution in [0.15, 0.2) is 31.1 Å². The summed E-state index contributed by atoms with van der Waals surface area (Å²) in [7, 11) is 0. The zero-order valence-corrected chi connectivity index (χ0v) is 6.37. The summed E-state index contributed by atoms with van der Waals surface area (Å²) in [5.41, 5.74) is 1.58. The second-order valence-electron chi connectivity index (χ2n) is 2.32. The Morgan fingerprint density at radius 3 is 2.91 bits per heavy atom. The minimum absolute atomic E-state index is 0.0822. The van der Waals surface area contributed by atoms with Crippen LogP contribution < -0.4 is 0 Å². The summed E-state index contributed by atoms with van der Waals surface area (Å²) in [6.45, 7) is 5.29. The Labute approximate surface area is 65.6 Å². The van der Waals surface area contributed by atoms with Crippen LogP contribution in [0.2, 0.25) is 0 Å². The minimum atomic E-state index is -0.0822. The van der Waals surface area contributed by atoms with E-state index in [1.165, 1.54) is 12.3 Å². The van der Waals surface area contributed by atoms with E-state index in [-0.39, 0.29) is 5.78 Å². The van der Waals surface area contributed by atoms with E-state index in [0.29, 0.717) is 5.56 Å². The van der Waals surface area contributed by atoms with E-state index in [9.17, 15) is 4.79 Å². The van der Waals surface area contributed by atoms with Gasteiger partial charge < -0.3 is 0 Å². The van der Waals surface area contributed by atoms with Gasteiger partial charge in [0.15, 0.2) is 5.78 Å². The lowest BCUT2D eigenvalue weighted by molar-refractivity contribution is 0.104. The first kappa shape index (κ1) is 7.66.